The van der Waals surface area contributed by atoms with E-state index in [1.54, 1.807) is 6.08 Å². The molecule has 0 aromatic heterocycles. The molecular weight excluding hydrogens is 351 g/mol. The highest BCUT2D eigenvalue weighted by molar-refractivity contribution is 9.09. The lowest BCUT2D eigenvalue weighted by Crippen LogP contribution is -2.02. The van der Waals surface area contributed by atoms with Crippen molar-refractivity contribution in [2.45, 2.75) is 20.3 Å². The van der Waals surface area contributed by atoms with Gasteiger partial charge in [0.15, 0.2) is 0 Å². The summed E-state index contributed by atoms with van der Waals surface area (Å²) in [7, 11) is 0. The predicted octanol–water partition coefficient (Wildman–Crippen LogP) is 5.17. The minimum Gasteiger partial charge on any atom is -0.493 e. The molecule has 106 valence electrons. The summed E-state index contributed by atoms with van der Waals surface area (Å²) in [5, 5.41) is 0.942. The second-order valence-electron chi connectivity index (χ2n) is 4.08. The Labute approximate surface area is 132 Å². The predicted molar refractivity (Wildman–Crippen MR) is 85.1 cm³/mol. The molecule has 0 heterocycles. The first-order chi connectivity index (χ1) is 9.04. The fourth-order valence-electron chi connectivity index (χ4n) is 1.65. The minimum atomic E-state index is 0.211. The van der Waals surface area contributed by atoms with Crippen molar-refractivity contribution in [1.82, 2.24) is 0 Å². The molecule has 0 radical (unpaired) electrons. The van der Waals surface area contributed by atoms with Gasteiger partial charge in [-0.3, -0.25) is 0 Å². The van der Waals surface area contributed by atoms with Gasteiger partial charge < -0.3 is 9.47 Å². The first-order valence-electron chi connectivity index (χ1n) is 5.98. The number of hydrogen-bond donors (Lipinski definition) is 0. The van der Waals surface area contributed by atoms with E-state index in [1.165, 1.54) is 0 Å². The zero-order chi connectivity index (χ0) is 14.3. The van der Waals surface area contributed by atoms with Crippen LogP contribution >= 0.6 is 39.1 Å². The summed E-state index contributed by atoms with van der Waals surface area (Å²) >= 11 is 14.4. The van der Waals surface area contributed by atoms with Crippen molar-refractivity contribution in [3.63, 3.8) is 0 Å². The van der Waals surface area contributed by atoms with E-state index in [1.807, 2.05) is 26.0 Å². The van der Waals surface area contributed by atoms with Crippen molar-refractivity contribution >= 4 is 39.1 Å². The lowest BCUT2D eigenvalue weighted by molar-refractivity contribution is 0.312. The third-order valence-corrected chi connectivity index (χ3v) is 3.32. The van der Waals surface area contributed by atoms with Gasteiger partial charge in [0.05, 0.1) is 6.61 Å². The van der Waals surface area contributed by atoms with Gasteiger partial charge in [-0.1, -0.05) is 39.1 Å². The Bertz CT molecular complexity index is 420. The van der Waals surface area contributed by atoms with E-state index in [9.17, 15) is 0 Å². The summed E-state index contributed by atoms with van der Waals surface area (Å²) in [5.74, 6) is 1.72. The number of benzene rings is 1. The highest BCUT2D eigenvalue weighted by atomic mass is 79.9. The zero-order valence-corrected chi connectivity index (χ0v) is 14.1. The Morgan fingerprint density at radius 1 is 1.21 bits per heavy atom. The highest BCUT2D eigenvalue weighted by Gasteiger charge is 2.07. The summed E-state index contributed by atoms with van der Waals surface area (Å²) in [6, 6.07) is 3.90. The maximum atomic E-state index is 5.77. The molecule has 2 nitrogen and oxygen atoms in total. The molecule has 0 amide bonds. The Hall–Kier alpha value is -0.380. The van der Waals surface area contributed by atoms with E-state index in [2.05, 4.69) is 15.9 Å². The Kier molecular flexibility index (Phi) is 7.66. The first-order valence-corrected chi connectivity index (χ1v) is 7.86. The molecule has 1 rings (SSSR count). The maximum Gasteiger partial charge on any atom is 0.125 e. The van der Waals surface area contributed by atoms with Gasteiger partial charge in [0, 0.05) is 5.33 Å². The number of rotatable bonds is 7. The van der Waals surface area contributed by atoms with E-state index in [-0.39, 0.29) is 4.49 Å². The Morgan fingerprint density at radius 2 is 1.84 bits per heavy atom. The molecule has 0 saturated carbocycles. The van der Waals surface area contributed by atoms with E-state index < -0.39 is 0 Å². The van der Waals surface area contributed by atoms with Crippen LogP contribution in [0.5, 0.6) is 11.5 Å². The molecule has 1 aromatic rings. The molecule has 0 aliphatic rings. The summed E-state index contributed by atoms with van der Waals surface area (Å²) in [5.41, 5.74) is 2.12. The highest BCUT2D eigenvalue weighted by Crippen LogP contribution is 2.28. The Morgan fingerprint density at radius 3 is 2.37 bits per heavy atom. The van der Waals surface area contributed by atoms with Gasteiger partial charge in [-0.15, -0.1) is 0 Å². The monoisotopic (exact) mass is 366 g/mol. The standard InChI is InChI=1S/C14H17BrCl2O2/c1-10-8-12(18-7-4-13(16)17)9-11(2)14(10)19-6-3-5-15/h4,8-9H,3,5-7H2,1-2H3. The SMILES string of the molecule is Cc1cc(OCC=C(Cl)Cl)cc(C)c1OCCCBr. The van der Waals surface area contributed by atoms with Gasteiger partial charge in [0.1, 0.15) is 22.6 Å². The molecule has 0 aliphatic heterocycles. The van der Waals surface area contributed by atoms with Crippen LogP contribution in [0.3, 0.4) is 0 Å². The second-order valence-corrected chi connectivity index (χ2v) is 5.88. The second kappa shape index (κ2) is 8.72. The van der Waals surface area contributed by atoms with E-state index in [4.69, 9.17) is 32.7 Å². The van der Waals surface area contributed by atoms with Crippen LogP contribution in [0, 0.1) is 13.8 Å². The first kappa shape index (κ1) is 16.7. The number of alkyl halides is 1. The summed E-state index contributed by atoms with van der Waals surface area (Å²) in [6.45, 7) is 5.07. The van der Waals surface area contributed by atoms with Crippen LogP contribution in [0.25, 0.3) is 0 Å². The van der Waals surface area contributed by atoms with Crippen LogP contribution in [-0.4, -0.2) is 18.5 Å². The number of ether oxygens (including phenoxy) is 2. The summed E-state index contributed by atoms with van der Waals surface area (Å²) in [6.07, 6.45) is 2.59. The molecule has 0 bridgehead atoms. The topological polar surface area (TPSA) is 18.5 Å². The van der Waals surface area contributed by atoms with Crippen molar-refractivity contribution in [1.29, 1.82) is 0 Å². The van der Waals surface area contributed by atoms with Crippen LogP contribution in [0.4, 0.5) is 0 Å². The van der Waals surface area contributed by atoms with Crippen molar-refractivity contribution in [2.24, 2.45) is 0 Å². The van der Waals surface area contributed by atoms with Gasteiger partial charge in [-0.2, -0.15) is 0 Å². The average Bonchev–Trinajstić information content (AvgIpc) is 2.32. The summed E-state index contributed by atoms with van der Waals surface area (Å²) < 4.78 is 11.5. The van der Waals surface area contributed by atoms with Gasteiger partial charge in [-0.05, 0) is 49.6 Å². The molecule has 0 unspecified atom stereocenters. The van der Waals surface area contributed by atoms with Gasteiger partial charge in [0.2, 0.25) is 0 Å². The van der Waals surface area contributed by atoms with Gasteiger partial charge >= 0.3 is 0 Å². The molecule has 0 saturated heterocycles. The fourth-order valence-corrected chi connectivity index (χ4v) is 2.01. The molecule has 0 aliphatic carbocycles. The van der Waals surface area contributed by atoms with Crippen molar-refractivity contribution in [3.8, 4) is 11.5 Å². The van der Waals surface area contributed by atoms with Gasteiger partial charge in [-0.25, -0.2) is 0 Å². The molecule has 0 spiro atoms. The number of halogens is 3. The van der Waals surface area contributed by atoms with E-state index in [0.29, 0.717) is 13.2 Å². The molecular formula is C14H17BrCl2O2. The van der Waals surface area contributed by atoms with Crippen molar-refractivity contribution in [2.75, 3.05) is 18.5 Å². The quantitative estimate of drug-likeness (QED) is 0.489. The number of hydrogen-bond acceptors (Lipinski definition) is 2. The maximum absolute atomic E-state index is 5.77. The molecule has 0 fully saturated rings. The third-order valence-electron chi connectivity index (χ3n) is 2.45. The van der Waals surface area contributed by atoms with E-state index >= 15 is 0 Å². The number of aryl methyl sites for hydroxylation is 2. The molecule has 19 heavy (non-hydrogen) atoms. The lowest BCUT2D eigenvalue weighted by Gasteiger charge is -2.14. The zero-order valence-electron chi connectivity index (χ0n) is 11.0. The van der Waals surface area contributed by atoms with Gasteiger partial charge in [0.25, 0.3) is 0 Å². The van der Waals surface area contributed by atoms with Crippen LogP contribution in [0.15, 0.2) is 22.7 Å². The molecule has 0 N–H and O–H groups in total. The molecule has 5 heteroatoms. The lowest BCUT2D eigenvalue weighted by atomic mass is 10.1. The largest absolute Gasteiger partial charge is 0.493 e. The van der Waals surface area contributed by atoms with Crippen molar-refractivity contribution in [3.05, 3.63) is 33.8 Å². The third kappa shape index (κ3) is 6.07. The normalized spacial score (nSPS) is 10.2. The van der Waals surface area contributed by atoms with Crippen LogP contribution in [-0.2, 0) is 0 Å². The average molecular weight is 368 g/mol. The van der Waals surface area contributed by atoms with E-state index in [0.717, 1.165) is 34.4 Å². The minimum absolute atomic E-state index is 0.211. The van der Waals surface area contributed by atoms with Crippen LogP contribution < -0.4 is 9.47 Å². The summed E-state index contributed by atoms with van der Waals surface area (Å²) in [4.78, 5) is 0. The fraction of sp³-hybridized carbons (Fsp3) is 0.429. The van der Waals surface area contributed by atoms with Crippen molar-refractivity contribution < 1.29 is 9.47 Å². The smallest absolute Gasteiger partial charge is 0.125 e. The molecule has 1 aromatic carbocycles. The van der Waals surface area contributed by atoms with Crippen LogP contribution in [0.2, 0.25) is 0 Å². The molecule has 0 atom stereocenters. The Balaban J connectivity index is 2.70. The van der Waals surface area contributed by atoms with Crippen LogP contribution in [0.1, 0.15) is 17.5 Å².